The second kappa shape index (κ2) is 10.0. The molecule has 2 fully saturated rings. The van der Waals surface area contributed by atoms with E-state index in [1.165, 1.54) is 0 Å². The van der Waals surface area contributed by atoms with Crippen LogP contribution in [0.2, 0.25) is 0 Å². The van der Waals surface area contributed by atoms with Crippen molar-refractivity contribution in [2.75, 3.05) is 25.0 Å². The molecule has 182 valence electrons. The zero-order chi connectivity index (χ0) is 24.4. The molecule has 0 bridgehead atoms. The number of rotatable bonds is 8. The van der Waals surface area contributed by atoms with Gasteiger partial charge >= 0.3 is 0 Å². The second-order valence-corrected chi connectivity index (χ2v) is 9.59. The normalized spacial score (nSPS) is 17.4. The van der Waals surface area contributed by atoms with Crippen LogP contribution in [0.3, 0.4) is 0 Å². The van der Waals surface area contributed by atoms with Crippen molar-refractivity contribution >= 4 is 17.5 Å². The topological polar surface area (TPSA) is 76.5 Å². The van der Waals surface area contributed by atoms with Crippen molar-refractivity contribution in [1.29, 1.82) is 0 Å². The van der Waals surface area contributed by atoms with Gasteiger partial charge in [-0.05, 0) is 74.9 Å². The molecule has 1 saturated carbocycles. The van der Waals surface area contributed by atoms with Crippen LogP contribution in [0.5, 0.6) is 0 Å². The standard InChI is InChI=1S/C28H32N4O3/c1-19-8-6-12-24(20(19)2)29-27(33)18-31(17-23-11-7-15-35-23)28(34)26-16-25(21-13-14-21)30-32(26)22-9-4-3-5-10-22/h3-6,8-10,12,16,21,23H,7,11,13-15,17-18H2,1-2H3,(H,29,33)/t23-/m0/s1. The van der Waals surface area contributed by atoms with E-state index in [2.05, 4.69) is 5.32 Å². The summed E-state index contributed by atoms with van der Waals surface area (Å²) < 4.78 is 7.55. The molecule has 5 rings (SSSR count). The molecule has 2 heterocycles. The number of aryl methyl sites for hydroxylation is 1. The van der Waals surface area contributed by atoms with Crippen LogP contribution >= 0.6 is 0 Å². The first-order chi connectivity index (χ1) is 17.0. The first-order valence-electron chi connectivity index (χ1n) is 12.4. The Hall–Kier alpha value is -3.45. The van der Waals surface area contributed by atoms with E-state index in [0.717, 1.165) is 53.9 Å². The number of aromatic nitrogens is 2. The van der Waals surface area contributed by atoms with Crippen LogP contribution in [0.1, 0.15) is 58.9 Å². The van der Waals surface area contributed by atoms with E-state index in [1.54, 1.807) is 9.58 Å². The first kappa shape index (κ1) is 23.3. The zero-order valence-corrected chi connectivity index (χ0v) is 20.4. The van der Waals surface area contributed by atoms with Gasteiger partial charge in [0.25, 0.3) is 5.91 Å². The SMILES string of the molecule is Cc1cccc(NC(=O)CN(C[C@@H]2CCCO2)C(=O)c2cc(C3CC3)nn2-c2ccccc2)c1C. The van der Waals surface area contributed by atoms with Gasteiger partial charge in [0.15, 0.2) is 0 Å². The van der Waals surface area contributed by atoms with Gasteiger partial charge < -0.3 is 15.0 Å². The van der Waals surface area contributed by atoms with E-state index in [0.29, 0.717) is 24.8 Å². The van der Waals surface area contributed by atoms with Gasteiger partial charge in [0, 0.05) is 24.8 Å². The lowest BCUT2D eigenvalue weighted by Gasteiger charge is -2.25. The van der Waals surface area contributed by atoms with Crippen molar-refractivity contribution in [3.63, 3.8) is 0 Å². The Morgan fingerprint density at radius 2 is 1.89 bits per heavy atom. The number of hydrogen-bond acceptors (Lipinski definition) is 4. The summed E-state index contributed by atoms with van der Waals surface area (Å²) in [6.07, 6.45) is 3.97. The molecule has 7 nitrogen and oxygen atoms in total. The highest BCUT2D eigenvalue weighted by Crippen LogP contribution is 2.40. The number of nitrogens with zero attached hydrogens (tertiary/aromatic N) is 3. The molecule has 2 aromatic carbocycles. The fourth-order valence-electron chi connectivity index (χ4n) is 4.56. The molecule has 35 heavy (non-hydrogen) atoms. The molecule has 1 saturated heterocycles. The van der Waals surface area contributed by atoms with Crippen molar-refractivity contribution in [2.24, 2.45) is 0 Å². The molecule has 3 aromatic rings. The van der Waals surface area contributed by atoms with Crippen LogP contribution in [-0.2, 0) is 9.53 Å². The lowest BCUT2D eigenvalue weighted by atomic mass is 10.1. The maximum Gasteiger partial charge on any atom is 0.273 e. The summed E-state index contributed by atoms with van der Waals surface area (Å²) in [5, 5.41) is 7.78. The molecule has 0 radical (unpaired) electrons. The molecule has 0 spiro atoms. The molecule has 2 aliphatic rings. The molecule has 0 unspecified atom stereocenters. The minimum Gasteiger partial charge on any atom is -0.376 e. The van der Waals surface area contributed by atoms with Gasteiger partial charge in [-0.3, -0.25) is 9.59 Å². The molecule has 1 atom stereocenters. The quantitative estimate of drug-likeness (QED) is 0.519. The Kier molecular flexibility index (Phi) is 6.68. The number of carbonyl (C=O) groups is 2. The van der Waals surface area contributed by atoms with Gasteiger partial charge in [-0.25, -0.2) is 4.68 Å². The maximum atomic E-state index is 13.9. The number of para-hydroxylation sites is 1. The van der Waals surface area contributed by atoms with Crippen molar-refractivity contribution in [2.45, 2.75) is 51.6 Å². The van der Waals surface area contributed by atoms with Gasteiger partial charge in [-0.2, -0.15) is 5.10 Å². The highest BCUT2D eigenvalue weighted by atomic mass is 16.5. The van der Waals surface area contributed by atoms with Crippen molar-refractivity contribution in [3.8, 4) is 5.69 Å². The Balaban J connectivity index is 1.42. The molecule has 1 N–H and O–H groups in total. The third-order valence-electron chi connectivity index (χ3n) is 6.89. The molecule has 1 aromatic heterocycles. The molecule has 1 aliphatic carbocycles. The summed E-state index contributed by atoms with van der Waals surface area (Å²) in [6.45, 7) is 5.01. The van der Waals surface area contributed by atoms with Gasteiger partial charge in [0.05, 0.1) is 17.5 Å². The third-order valence-corrected chi connectivity index (χ3v) is 6.89. The summed E-state index contributed by atoms with van der Waals surface area (Å²) in [5.74, 6) is -0.0242. The van der Waals surface area contributed by atoms with Crippen LogP contribution in [0, 0.1) is 13.8 Å². The Labute approximate surface area is 206 Å². The van der Waals surface area contributed by atoms with Gasteiger partial charge in [-0.15, -0.1) is 0 Å². The van der Waals surface area contributed by atoms with Crippen LogP contribution < -0.4 is 5.32 Å². The van der Waals surface area contributed by atoms with Gasteiger partial charge in [0.2, 0.25) is 5.91 Å². The summed E-state index contributed by atoms with van der Waals surface area (Å²) in [6, 6.07) is 17.4. The first-order valence-corrected chi connectivity index (χ1v) is 12.4. The fourth-order valence-corrected chi connectivity index (χ4v) is 4.56. The average molecular weight is 473 g/mol. The van der Waals surface area contributed by atoms with Crippen LogP contribution in [0.15, 0.2) is 54.6 Å². The van der Waals surface area contributed by atoms with Crippen LogP contribution in [0.4, 0.5) is 5.69 Å². The summed E-state index contributed by atoms with van der Waals surface area (Å²) in [4.78, 5) is 28.6. The lowest BCUT2D eigenvalue weighted by molar-refractivity contribution is -0.117. The fraction of sp³-hybridized carbons (Fsp3) is 0.393. The second-order valence-electron chi connectivity index (χ2n) is 9.59. The summed E-state index contributed by atoms with van der Waals surface area (Å²) in [5.41, 5.74) is 5.15. The number of benzene rings is 2. The number of hydrogen-bond donors (Lipinski definition) is 1. The lowest BCUT2D eigenvalue weighted by Crippen LogP contribution is -2.43. The van der Waals surface area contributed by atoms with E-state index in [4.69, 9.17) is 9.84 Å². The minimum absolute atomic E-state index is 0.0508. The molecule has 1 aliphatic heterocycles. The maximum absolute atomic E-state index is 13.9. The number of anilines is 1. The Morgan fingerprint density at radius 1 is 1.09 bits per heavy atom. The third kappa shape index (κ3) is 5.30. The zero-order valence-electron chi connectivity index (χ0n) is 20.4. The van der Waals surface area contributed by atoms with Crippen molar-refractivity contribution in [1.82, 2.24) is 14.7 Å². The molecular weight excluding hydrogens is 440 g/mol. The minimum atomic E-state index is -0.224. The predicted octanol–water partition coefficient (Wildman–Crippen LogP) is 4.63. The largest absolute Gasteiger partial charge is 0.376 e. The molecular formula is C28H32N4O3. The van der Waals surface area contributed by atoms with Crippen LogP contribution in [-0.4, -0.2) is 52.3 Å². The van der Waals surface area contributed by atoms with Crippen molar-refractivity contribution in [3.05, 3.63) is 77.1 Å². The number of amides is 2. The Bertz CT molecular complexity index is 1210. The summed E-state index contributed by atoms with van der Waals surface area (Å²) >= 11 is 0. The van der Waals surface area contributed by atoms with Crippen molar-refractivity contribution < 1.29 is 14.3 Å². The van der Waals surface area contributed by atoms with Gasteiger partial charge in [0.1, 0.15) is 12.2 Å². The van der Waals surface area contributed by atoms with E-state index in [-0.39, 0.29) is 24.5 Å². The Morgan fingerprint density at radius 3 is 2.60 bits per heavy atom. The molecule has 7 heteroatoms. The highest BCUT2D eigenvalue weighted by Gasteiger charge is 2.32. The number of nitrogens with one attached hydrogen (secondary N) is 1. The predicted molar refractivity (Wildman–Crippen MR) is 135 cm³/mol. The summed E-state index contributed by atoms with van der Waals surface area (Å²) in [7, 11) is 0. The average Bonchev–Trinajstić information content (AvgIpc) is 3.40. The van der Waals surface area contributed by atoms with E-state index >= 15 is 0 Å². The number of carbonyl (C=O) groups excluding carboxylic acids is 2. The van der Waals surface area contributed by atoms with Crippen LogP contribution in [0.25, 0.3) is 5.69 Å². The highest BCUT2D eigenvalue weighted by molar-refractivity contribution is 5.99. The van der Waals surface area contributed by atoms with E-state index in [1.807, 2.05) is 68.4 Å². The number of ether oxygens (including phenoxy) is 1. The molecule has 2 amide bonds. The smallest absolute Gasteiger partial charge is 0.273 e. The van der Waals surface area contributed by atoms with E-state index < -0.39 is 0 Å². The van der Waals surface area contributed by atoms with E-state index in [9.17, 15) is 9.59 Å². The monoisotopic (exact) mass is 472 g/mol. The van der Waals surface area contributed by atoms with Gasteiger partial charge in [-0.1, -0.05) is 30.3 Å².